The van der Waals surface area contributed by atoms with Crippen LogP contribution in [0.4, 0.5) is 5.82 Å². The molecule has 0 atom stereocenters. The van der Waals surface area contributed by atoms with E-state index in [-0.39, 0.29) is 17.3 Å². The van der Waals surface area contributed by atoms with Crippen molar-refractivity contribution in [2.75, 3.05) is 5.73 Å². The Balaban J connectivity index is 1.57. The highest BCUT2D eigenvalue weighted by Gasteiger charge is 2.17. The molecule has 0 bridgehead atoms. The Hall–Kier alpha value is -3.52. The largest absolute Gasteiger partial charge is 0.453 e. The molecule has 2 N–H and O–H groups in total. The fourth-order valence-electron chi connectivity index (χ4n) is 2.97. The molecule has 0 saturated carbocycles. The molecule has 3 aromatic heterocycles. The van der Waals surface area contributed by atoms with Gasteiger partial charge in [0.25, 0.3) is 0 Å². The molecule has 0 fully saturated rings. The highest BCUT2D eigenvalue weighted by molar-refractivity contribution is 6.33. The molecular weight excluding hydrogens is 392 g/mol. The van der Waals surface area contributed by atoms with Crippen molar-refractivity contribution in [2.24, 2.45) is 0 Å². The third kappa shape index (κ3) is 3.74. The average molecular weight is 409 g/mol. The number of ether oxygens (including phenoxy) is 1. The van der Waals surface area contributed by atoms with Gasteiger partial charge in [0.05, 0.1) is 16.2 Å². The van der Waals surface area contributed by atoms with E-state index in [0.717, 1.165) is 16.8 Å². The number of anilines is 1. The van der Waals surface area contributed by atoms with Crippen LogP contribution in [0.2, 0.25) is 5.02 Å². The number of fused-ring (bicyclic) bond motifs is 1. The van der Waals surface area contributed by atoms with E-state index < -0.39 is 5.97 Å². The number of carbonyl (C=O) groups excluding carboxylic acids is 1. The van der Waals surface area contributed by atoms with E-state index >= 15 is 0 Å². The monoisotopic (exact) mass is 408 g/mol. The summed E-state index contributed by atoms with van der Waals surface area (Å²) in [6.07, 6.45) is 0. The lowest BCUT2D eigenvalue weighted by Crippen LogP contribution is -2.13. The van der Waals surface area contributed by atoms with E-state index in [4.69, 9.17) is 22.1 Å². The number of benzene rings is 1. The molecule has 0 unspecified atom stereocenters. The molecule has 4 aromatic rings. The van der Waals surface area contributed by atoms with Crippen molar-refractivity contribution in [1.29, 1.82) is 0 Å². The SMILES string of the molecule is Cc1cc(C)n(-c2ccc(Cl)c(C(=O)OCc3nc(N)c4ccccc4n3)n2)n1. The van der Waals surface area contributed by atoms with Gasteiger partial charge in [0.1, 0.15) is 5.82 Å². The van der Waals surface area contributed by atoms with Gasteiger partial charge < -0.3 is 10.5 Å². The zero-order valence-electron chi connectivity index (χ0n) is 15.8. The van der Waals surface area contributed by atoms with Gasteiger partial charge in [-0.1, -0.05) is 23.7 Å². The number of halogens is 1. The van der Waals surface area contributed by atoms with E-state index in [1.165, 1.54) is 0 Å². The fraction of sp³-hybridized carbons (Fsp3) is 0.150. The maximum Gasteiger partial charge on any atom is 0.359 e. The zero-order chi connectivity index (χ0) is 20.5. The van der Waals surface area contributed by atoms with Gasteiger partial charge >= 0.3 is 5.97 Å². The zero-order valence-corrected chi connectivity index (χ0v) is 16.5. The van der Waals surface area contributed by atoms with Crippen molar-refractivity contribution in [3.8, 4) is 5.82 Å². The lowest BCUT2D eigenvalue weighted by molar-refractivity contribution is 0.0456. The van der Waals surface area contributed by atoms with Crippen LogP contribution in [0.3, 0.4) is 0 Å². The Morgan fingerprint density at radius 1 is 1.14 bits per heavy atom. The van der Waals surface area contributed by atoms with Crippen LogP contribution < -0.4 is 5.73 Å². The Kier molecular flexibility index (Phi) is 4.85. The Bertz CT molecular complexity index is 1240. The maximum absolute atomic E-state index is 12.6. The number of nitrogens with zero attached hydrogens (tertiary/aromatic N) is 5. The topological polar surface area (TPSA) is 109 Å². The molecule has 4 rings (SSSR count). The van der Waals surface area contributed by atoms with Crippen LogP contribution in [0, 0.1) is 13.8 Å². The van der Waals surface area contributed by atoms with E-state index in [1.807, 2.05) is 44.2 Å². The Morgan fingerprint density at radius 3 is 2.69 bits per heavy atom. The number of nitrogens with two attached hydrogens (primary N) is 1. The van der Waals surface area contributed by atoms with Gasteiger partial charge in [-0.2, -0.15) is 5.10 Å². The van der Waals surface area contributed by atoms with Crippen LogP contribution in [0.25, 0.3) is 16.7 Å². The quantitative estimate of drug-likeness (QED) is 0.515. The number of nitrogen functional groups attached to an aromatic ring is 1. The molecule has 29 heavy (non-hydrogen) atoms. The number of aromatic nitrogens is 5. The van der Waals surface area contributed by atoms with E-state index in [9.17, 15) is 4.79 Å². The predicted octanol–water partition coefficient (Wildman–Crippen LogP) is 3.42. The molecule has 1 aromatic carbocycles. The molecule has 146 valence electrons. The van der Waals surface area contributed by atoms with Gasteiger partial charge in [0.15, 0.2) is 23.9 Å². The second-order valence-corrected chi connectivity index (χ2v) is 6.86. The van der Waals surface area contributed by atoms with Crippen molar-refractivity contribution in [3.63, 3.8) is 0 Å². The minimum absolute atomic E-state index is 0.00881. The smallest absolute Gasteiger partial charge is 0.359 e. The van der Waals surface area contributed by atoms with Crippen LogP contribution in [0.5, 0.6) is 0 Å². The van der Waals surface area contributed by atoms with Crippen molar-refractivity contribution in [2.45, 2.75) is 20.5 Å². The lowest BCUT2D eigenvalue weighted by Gasteiger charge is -2.09. The first-order chi connectivity index (χ1) is 13.9. The first-order valence-electron chi connectivity index (χ1n) is 8.81. The van der Waals surface area contributed by atoms with Crippen LogP contribution in [0.15, 0.2) is 42.5 Å². The van der Waals surface area contributed by atoms with Gasteiger partial charge in [0, 0.05) is 11.1 Å². The second kappa shape index (κ2) is 7.48. The highest BCUT2D eigenvalue weighted by atomic mass is 35.5. The number of pyridine rings is 1. The molecule has 0 aliphatic rings. The molecular formula is C20H17ClN6O2. The van der Waals surface area contributed by atoms with Crippen LogP contribution >= 0.6 is 11.6 Å². The number of esters is 1. The number of hydrogen-bond donors (Lipinski definition) is 1. The standard InChI is InChI=1S/C20H17ClN6O2/c1-11-9-12(2)27(26-11)17-8-7-14(21)18(25-17)20(28)29-10-16-23-15-6-4-3-5-13(15)19(22)24-16/h3-9H,10H2,1-2H3,(H2,22,23,24). The summed E-state index contributed by atoms with van der Waals surface area (Å²) in [5, 5.41) is 5.29. The van der Waals surface area contributed by atoms with Crippen LogP contribution in [-0.2, 0) is 11.3 Å². The molecule has 0 aliphatic heterocycles. The Morgan fingerprint density at radius 2 is 1.93 bits per heavy atom. The summed E-state index contributed by atoms with van der Waals surface area (Å²) >= 11 is 6.16. The highest BCUT2D eigenvalue weighted by Crippen LogP contribution is 2.20. The minimum atomic E-state index is -0.686. The molecule has 0 amide bonds. The molecule has 0 spiro atoms. The summed E-state index contributed by atoms with van der Waals surface area (Å²) in [6.45, 7) is 3.62. The second-order valence-electron chi connectivity index (χ2n) is 6.46. The lowest BCUT2D eigenvalue weighted by atomic mass is 10.2. The third-order valence-corrected chi connectivity index (χ3v) is 4.57. The van der Waals surface area contributed by atoms with Crippen molar-refractivity contribution in [3.05, 3.63) is 70.4 Å². The third-order valence-electron chi connectivity index (χ3n) is 4.26. The number of hydrogen-bond acceptors (Lipinski definition) is 7. The average Bonchev–Trinajstić information content (AvgIpc) is 3.04. The van der Waals surface area contributed by atoms with Gasteiger partial charge in [-0.3, -0.25) is 0 Å². The maximum atomic E-state index is 12.6. The Labute approximate surface area is 171 Å². The summed E-state index contributed by atoms with van der Waals surface area (Å²) < 4.78 is 6.96. The summed E-state index contributed by atoms with van der Waals surface area (Å²) in [7, 11) is 0. The molecule has 0 aliphatic carbocycles. The number of carbonyl (C=O) groups is 1. The molecule has 0 radical (unpaired) electrons. The molecule has 8 nitrogen and oxygen atoms in total. The first kappa shape index (κ1) is 18.8. The van der Waals surface area contributed by atoms with Gasteiger partial charge in [-0.25, -0.2) is 24.4 Å². The number of rotatable bonds is 4. The van der Waals surface area contributed by atoms with Gasteiger partial charge in [-0.05, 0) is 44.2 Å². The number of para-hydroxylation sites is 1. The van der Waals surface area contributed by atoms with Gasteiger partial charge in [-0.15, -0.1) is 0 Å². The summed E-state index contributed by atoms with van der Waals surface area (Å²) in [6, 6.07) is 12.5. The minimum Gasteiger partial charge on any atom is -0.453 e. The van der Waals surface area contributed by atoms with Gasteiger partial charge in [0.2, 0.25) is 0 Å². The van der Waals surface area contributed by atoms with E-state index in [0.29, 0.717) is 23.0 Å². The first-order valence-corrected chi connectivity index (χ1v) is 9.18. The molecule has 3 heterocycles. The summed E-state index contributed by atoms with van der Waals surface area (Å²) in [5.74, 6) is 0.400. The van der Waals surface area contributed by atoms with E-state index in [1.54, 1.807) is 16.8 Å². The van der Waals surface area contributed by atoms with Crippen molar-refractivity contribution < 1.29 is 9.53 Å². The normalized spacial score (nSPS) is 11.0. The summed E-state index contributed by atoms with van der Waals surface area (Å²) in [4.78, 5) is 25.5. The van der Waals surface area contributed by atoms with E-state index in [2.05, 4.69) is 20.1 Å². The molecule has 0 saturated heterocycles. The van der Waals surface area contributed by atoms with Crippen LogP contribution in [-0.4, -0.2) is 30.7 Å². The van der Waals surface area contributed by atoms with Crippen molar-refractivity contribution >= 4 is 34.3 Å². The summed E-state index contributed by atoms with van der Waals surface area (Å²) in [5.41, 5.74) is 8.36. The van der Waals surface area contributed by atoms with Crippen molar-refractivity contribution in [1.82, 2.24) is 24.7 Å². The number of aryl methyl sites for hydroxylation is 2. The molecule has 9 heteroatoms. The van der Waals surface area contributed by atoms with Crippen LogP contribution in [0.1, 0.15) is 27.7 Å². The predicted molar refractivity (Wildman–Crippen MR) is 109 cm³/mol. The fourth-order valence-corrected chi connectivity index (χ4v) is 3.15.